The molecule has 0 saturated carbocycles. The average Bonchev–Trinajstić information content (AvgIpc) is 3.89. The summed E-state index contributed by atoms with van der Waals surface area (Å²) in [6.07, 6.45) is 0. The molecule has 0 spiro atoms. The maximum atomic E-state index is 7.01. The Kier molecular flexibility index (Phi) is 5.44. The van der Waals surface area contributed by atoms with Gasteiger partial charge in [-0.3, -0.25) is 0 Å². The molecule has 0 bridgehead atoms. The van der Waals surface area contributed by atoms with Gasteiger partial charge in [-0.25, -0.2) is 0 Å². The van der Waals surface area contributed by atoms with Crippen molar-refractivity contribution in [1.29, 1.82) is 0 Å². The first-order chi connectivity index (χ1) is 26.9. The van der Waals surface area contributed by atoms with Crippen LogP contribution in [-0.2, 0) is 5.41 Å². The summed E-state index contributed by atoms with van der Waals surface area (Å²) < 4.78 is 16.4. The smallest absolute Gasteiger partial charge is 0.333 e. The molecule has 0 N–H and O–H groups in total. The first kappa shape index (κ1) is 29.7. The van der Waals surface area contributed by atoms with E-state index in [9.17, 15) is 0 Å². The molecule has 3 aromatic heterocycles. The minimum Gasteiger partial charge on any atom is -0.455 e. The second-order valence-electron chi connectivity index (χ2n) is 16.4. The second kappa shape index (κ2) is 10.1. The van der Waals surface area contributed by atoms with Crippen LogP contribution in [0.2, 0.25) is 0 Å². The Hall–Kier alpha value is -6.72. The number of furan rings is 2. The number of rotatable bonds is 1. The molecule has 5 heteroatoms. The van der Waals surface area contributed by atoms with E-state index >= 15 is 0 Å². The van der Waals surface area contributed by atoms with E-state index in [1.54, 1.807) is 0 Å². The molecule has 0 saturated heterocycles. The predicted octanol–water partition coefficient (Wildman–Crippen LogP) is 12.3. The Labute approximate surface area is 316 Å². The first-order valence-corrected chi connectivity index (χ1v) is 19.2. The van der Waals surface area contributed by atoms with Gasteiger partial charge in [0.05, 0.1) is 16.7 Å². The van der Waals surface area contributed by atoms with Crippen molar-refractivity contribution in [2.45, 2.75) is 26.2 Å². The first-order valence-electron chi connectivity index (χ1n) is 19.2. The van der Waals surface area contributed by atoms with Crippen molar-refractivity contribution in [2.75, 3.05) is 4.81 Å². The summed E-state index contributed by atoms with van der Waals surface area (Å²) >= 11 is 0. The zero-order valence-electron chi connectivity index (χ0n) is 30.6. The lowest BCUT2D eigenvalue weighted by atomic mass is 9.43. The zero-order valence-corrected chi connectivity index (χ0v) is 30.6. The summed E-state index contributed by atoms with van der Waals surface area (Å²) in [4.78, 5) is 2.57. The molecule has 2 aliphatic heterocycles. The van der Waals surface area contributed by atoms with Crippen molar-refractivity contribution in [3.05, 3.63) is 151 Å². The summed E-state index contributed by atoms with van der Waals surface area (Å²) in [5.41, 5.74) is 15.6. The Morgan fingerprint density at radius 1 is 0.491 bits per heavy atom. The molecule has 258 valence electrons. The SMILES string of the molecule is CC(C)(C)c1ccc2c(c1)-c1c3c(cc4c1oc1ccccc14)-n1c4c(cccc4c4ccc5ccccc5c41)B3N2c1cccc2c1oc1ccccc12. The lowest BCUT2D eigenvalue weighted by Gasteiger charge is -2.42. The van der Waals surface area contributed by atoms with Gasteiger partial charge in [-0.1, -0.05) is 130 Å². The van der Waals surface area contributed by atoms with Gasteiger partial charge in [-0.2, -0.15) is 0 Å². The fraction of sp³-hybridized carbons (Fsp3) is 0.0800. The van der Waals surface area contributed by atoms with Gasteiger partial charge in [0.2, 0.25) is 0 Å². The van der Waals surface area contributed by atoms with E-state index in [0.29, 0.717) is 0 Å². The van der Waals surface area contributed by atoms with Crippen LogP contribution >= 0.6 is 0 Å². The van der Waals surface area contributed by atoms with Crippen LogP contribution in [0.25, 0.3) is 93.3 Å². The number of hydrogen-bond donors (Lipinski definition) is 0. The molecule has 4 nitrogen and oxygen atoms in total. The maximum Gasteiger partial charge on any atom is 0.333 e. The highest BCUT2D eigenvalue weighted by atomic mass is 16.3. The zero-order chi connectivity index (χ0) is 36.3. The highest BCUT2D eigenvalue weighted by Gasteiger charge is 2.46. The van der Waals surface area contributed by atoms with Crippen LogP contribution in [0.15, 0.2) is 154 Å². The summed E-state index contributed by atoms with van der Waals surface area (Å²) in [5, 5.41) is 9.53. The Morgan fingerprint density at radius 2 is 1.16 bits per heavy atom. The highest BCUT2D eigenvalue weighted by Crippen LogP contribution is 2.51. The summed E-state index contributed by atoms with van der Waals surface area (Å²) in [6, 6.07) is 53.4. The van der Waals surface area contributed by atoms with Crippen molar-refractivity contribution >= 4 is 106 Å². The molecule has 0 unspecified atom stereocenters. The molecule has 5 heterocycles. The molecule has 11 aromatic rings. The molecule has 0 amide bonds. The van der Waals surface area contributed by atoms with Crippen LogP contribution in [0.3, 0.4) is 0 Å². The standard InChI is InChI=1S/C50H33BN2O2/c1-50(2,3)29-23-25-39-37(26-29)44-45-41(27-36-32-15-7-9-21-43(32)55-49(36)44)52-46-30-13-5-4-12-28(30)22-24-34(46)33-16-10-18-38(47(33)52)51(45)53(39)40-19-11-17-35-31-14-6-8-20-42(31)54-48(35)40/h4-27H,1-3H3. The van der Waals surface area contributed by atoms with Crippen molar-refractivity contribution in [1.82, 2.24) is 4.57 Å². The summed E-state index contributed by atoms with van der Waals surface area (Å²) in [6.45, 7) is 6.73. The molecule has 0 aliphatic carbocycles. The second-order valence-corrected chi connectivity index (χ2v) is 16.4. The van der Waals surface area contributed by atoms with Crippen molar-refractivity contribution < 1.29 is 8.83 Å². The molecule has 55 heavy (non-hydrogen) atoms. The monoisotopic (exact) mass is 704 g/mol. The van der Waals surface area contributed by atoms with Gasteiger partial charge >= 0.3 is 6.85 Å². The third kappa shape index (κ3) is 3.68. The molecule has 0 atom stereocenters. The summed E-state index contributed by atoms with van der Waals surface area (Å²) in [7, 11) is 0. The normalized spacial score (nSPS) is 13.7. The van der Waals surface area contributed by atoms with E-state index in [1.165, 1.54) is 65.9 Å². The fourth-order valence-corrected chi connectivity index (χ4v) is 10.1. The van der Waals surface area contributed by atoms with Crippen LogP contribution in [-0.4, -0.2) is 11.4 Å². The van der Waals surface area contributed by atoms with Crippen molar-refractivity contribution in [3.63, 3.8) is 0 Å². The molecule has 13 rings (SSSR count). The van der Waals surface area contributed by atoms with E-state index < -0.39 is 0 Å². The van der Waals surface area contributed by atoms with Crippen LogP contribution in [0.4, 0.5) is 11.4 Å². The van der Waals surface area contributed by atoms with Gasteiger partial charge in [0, 0.05) is 60.2 Å². The number of nitrogens with zero attached hydrogens (tertiary/aromatic N) is 2. The largest absolute Gasteiger partial charge is 0.455 e. The summed E-state index contributed by atoms with van der Waals surface area (Å²) in [5.74, 6) is 0. The van der Waals surface area contributed by atoms with Gasteiger partial charge in [0.25, 0.3) is 0 Å². The minimum absolute atomic E-state index is 0.0639. The van der Waals surface area contributed by atoms with Crippen molar-refractivity contribution in [2.24, 2.45) is 0 Å². The molecule has 2 aliphatic rings. The van der Waals surface area contributed by atoms with Gasteiger partial charge in [-0.05, 0) is 63.7 Å². The molecule has 0 radical (unpaired) electrons. The average molecular weight is 705 g/mol. The van der Waals surface area contributed by atoms with Gasteiger partial charge < -0.3 is 18.2 Å². The fourth-order valence-electron chi connectivity index (χ4n) is 10.1. The molecule has 8 aromatic carbocycles. The highest BCUT2D eigenvalue weighted by molar-refractivity contribution is 6.94. The van der Waals surface area contributed by atoms with E-state index in [0.717, 1.165) is 55.3 Å². The molecular weight excluding hydrogens is 671 g/mol. The van der Waals surface area contributed by atoms with E-state index in [2.05, 4.69) is 176 Å². The number of para-hydroxylation sites is 4. The minimum atomic E-state index is -0.166. The third-order valence-corrected chi connectivity index (χ3v) is 12.5. The number of fused-ring (bicyclic) bond motifs is 16. The van der Waals surface area contributed by atoms with Crippen LogP contribution in [0.1, 0.15) is 26.3 Å². The predicted molar refractivity (Wildman–Crippen MR) is 231 cm³/mol. The molecular formula is C50H33BN2O2. The van der Waals surface area contributed by atoms with Gasteiger partial charge in [0.1, 0.15) is 16.7 Å². The van der Waals surface area contributed by atoms with Gasteiger partial charge in [-0.15, -0.1) is 0 Å². The van der Waals surface area contributed by atoms with Crippen LogP contribution < -0.4 is 15.7 Å². The van der Waals surface area contributed by atoms with Crippen molar-refractivity contribution in [3.8, 4) is 16.8 Å². The third-order valence-electron chi connectivity index (χ3n) is 12.5. The van der Waals surface area contributed by atoms with E-state index in [4.69, 9.17) is 8.83 Å². The number of benzene rings is 8. The topological polar surface area (TPSA) is 34.5 Å². The Morgan fingerprint density at radius 3 is 1.98 bits per heavy atom. The quantitative estimate of drug-likeness (QED) is 0.160. The molecule has 0 fully saturated rings. The number of aromatic nitrogens is 1. The lowest BCUT2D eigenvalue weighted by Crippen LogP contribution is -2.60. The van der Waals surface area contributed by atoms with Crippen LogP contribution in [0.5, 0.6) is 0 Å². The van der Waals surface area contributed by atoms with E-state index in [1.807, 2.05) is 0 Å². The Balaban J connectivity index is 1.28. The maximum absolute atomic E-state index is 7.01. The Bertz CT molecular complexity index is 3500. The van der Waals surface area contributed by atoms with Gasteiger partial charge in [0.15, 0.2) is 5.58 Å². The lowest BCUT2D eigenvalue weighted by molar-refractivity contribution is 0.590. The number of hydrogen-bond acceptors (Lipinski definition) is 3. The van der Waals surface area contributed by atoms with Crippen LogP contribution in [0, 0.1) is 0 Å². The number of anilines is 2. The van der Waals surface area contributed by atoms with E-state index in [-0.39, 0.29) is 12.3 Å².